The van der Waals surface area contributed by atoms with Crippen molar-refractivity contribution in [1.29, 1.82) is 5.26 Å². The van der Waals surface area contributed by atoms with Crippen LogP contribution in [0.4, 0.5) is 5.69 Å². The molecule has 0 aliphatic rings. The number of rotatable bonds is 5. The van der Waals surface area contributed by atoms with Crippen molar-refractivity contribution in [3.8, 4) is 6.07 Å². The molecule has 0 spiro atoms. The zero-order valence-corrected chi connectivity index (χ0v) is 10.6. The van der Waals surface area contributed by atoms with Crippen molar-refractivity contribution in [2.75, 3.05) is 5.32 Å². The first-order valence-corrected chi connectivity index (χ1v) is 5.82. The Morgan fingerprint density at radius 1 is 1.32 bits per heavy atom. The van der Waals surface area contributed by atoms with Gasteiger partial charge in [0, 0.05) is 12.2 Å². The number of hydrogen-bond donors (Lipinski definition) is 2. The lowest BCUT2D eigenvalue weighted by Gasteiger charge is -2.05. The second-order valence-electron chi connectivity index (χ2n) is 3.80. The number of nitrogens with zero attached hydrogens (tertiary/aromatic N) is 1. The smallest absolute Gasteiger partial charge is 0.243 e. The lowest BCUT2D eigenvalue weighted by molar-refractivity contribution is -0.117. The van der Waals surface area contributed by atoms with Crippen LogP contribution in [0.5, 0.6) is 0 Å². The van der Waals surface area contributed by atoms with Crippen LogP contribution >= 0.6 is 0 Å². The molecule has 0 radical (unpaired) electrons. The van der Waals surface area contributed by atoms with E-state index in [9.17, 15) is 9.59 Å². The average Bonchev–Trinajstić information content (AvgIpc) is 2.38. The molecule has 0 heterocycles. The van der Waals surface area contributed by atoms with Crippen LogP contribution < -0.4 is 10.6 Å². The molecule has 5 heteroatoms. The van der Waals surface area contributed by atoms with Crippen LogP contribution in [0.15, 0.2) is 36.4 Å². The predicted octanol–water partition coefficient (Wildman–Crippen LogP) is 1.73. The van der Waals surface area contributed by atoms with Gasteiger partial charge in [0.25, 0.3) is 0 Å². The van der Waals surface area contributed by atoms with Gasteiger partial charge in [0.1, 0.15) is 6.42 Å². The summed E-state index contributed by atoms with van der Waals surface area (Å²) in [6, 6.07) is 8.84. The fraction of sp³-hybridized carbons (Fsp3) is 0.214. The minimum atomic E-state index is -0.336. The van der Waals surface area contributed by atoms with Gasteiger partial charge in [-0.05, 0) is 30.7 Å². The molecule has 5 nitrogen and oxygen atoms in total. The number of benzene rings is 1. The Bertz CT molecular complexity index is 512. The van der Waals surface area contributed by atoms with E-state index in [1.54, 1.807) is 43.3 Å². The summed E-state index contributed by atoms with van der Waals surface area (Å²) in [6.07, 6.45) is 2.96. The molecule has 0 atom stereocenters. The SMILES string of the molecule is C/C=C/C(=O)NCc1ccc(NC(=O)CC#N)cc1. The number of nitrogens with one attached hydrogen (secondary N) is 2. The van der Waals surface area contributed by atoms with E-state index in [-0.39, 0.29) is 18.2 Å². The molecule has 0 bridgehead atoms. The van der Waals surface area contributed by atoms with E-state index in [4.69, 9.17) is 5.26 Å². The summed E-state index contributed by atoms with van der Waals surface area (Å²) >= 11 is 0. The summed E-state index contributed by atoms with van der Waals surface area (Å²) in [5.41, 5.74) is 1.56. The van der Waals surface area contributed by atoms with Crippen molar-refractivity contribution in [2.24, 2.45) is 0 Å². The fourth-order valence-electron chi connectivity index (χ4n) is 1.38. The highest BCUT2D eigenvalue weighted by Gasteiger charge is 2.01. The first-order chi connectivity index (χ1) is 9.15. The highest BCUT2D eigenvalue weighted by molar-refractivity contribution is 5.92. The lowest BCUT2D eigenvalue weighted by atomic mass is 10.2. The second kappa shape index (κ2) is 7.67. The number of nitriles is 1. The Kier molecular flexibility index (Phi) is 5.83. The third-order valence-electron chi connectivity index (χ3n) is 2.26. The number of carbonyl (C=O) groups is 2. The van der Waals surface area contributed by atoms with Crippen molar-refractivity contribution < 1.29 is 9.59 Å². The first kappa shape index (κ1) is 14.5. The van der Waals surface area contributed by atoms with Gasteiger partial charge in [-0.1, -0.05) is 18.2 Å². The molecule has 2 N–H and O–H groups in total. The summed E-state index contributed by atoms with van der Waals surface area (Å²) < 4.78 is 0. The van der Waals surface area contributed by atoms with E-state index in [0.29, 0.717) is 12.2 Å². The summed E-state index contributed by atoms with van der Waals surface area (Å²) in [7, 11) is 0. The maximum atomic E-state index is 11.2. The van der Waals surface area contributed by atoms with Gasteiger partial charge in [0.05, 0.1) is 6.07 Å². The molecule has 0 unspecified atom stereocenters. The Morgan fingerprint density at radius 2 is 2.00 bits per heavy atom. The van der Waals surface area contributed by atoms with Gasteiger partial charge in [0.15, 0.2) is 0 Å². The summed E-state index contributed by atoms with van der Waals surface area (Å²) in [4.78, 5) is 22.4. The molecule has 0 fully saturated rings. The molecule has 1 rings (SSSR count). The van der Waals surface area contributed by atoms with Gasteiger partial charge in [-0.25, -0.2) is 0 Å². The second-order valence-corrected chi connectivity index (χ2v) is 3.80. The standard InChI is InChI=1S/C14H15N3O2/c1-2-3-13(18)16-10-11-4-6-12(7-5-11)17-14(19)8-9-15/h2-7H,8,10H2,1H3,(H,16,18)(H,17,19)/b3-2+. The highest BCUT2D eigenvalue weighted by Crippen LogP contribution is 2.09. The molecule has 0 aliphatic heterocycles. The maximum Gasteiger partial charge on any atom is 0.243 e. The Balaban J connectivity index is 2.50. The minimum absolute atomic E-state index is 0.145. The van der Waals surface area contributed by atoms with Crippen molar-refractivity contribution in [3.05, 3.63) is 42.0 Å². The Hall–Kier alpha value is -2.61. The largest absolute Gasteiger partial charge is 0.348 e. The van der Waals surface area contributed by atoms with Crippen LogP contribution in [0.1, 0.15) is 18.9 Å². The molecule has 0 saturated carbocycles. The predicted molar refractivity (Wildman–Crippen MR) is 72.0 cm³/mol. The van der Waals surface area contributed by atoms with Crippen molar-refractivity contribution >= 4 is 17.5 Å². The third kappa shape index (κ3) is 5.50. The number of anilines is 1. The van der Waals surface area contributed by atoms with Crippen LogP contribution in [0.25, 0.3) is 0 Å². The molecule has 0 aliphatic carbocycles. The first-order valence-electron chi connectivity index (χ1n) is 5.82. The van der Waals surface area contributed by atoms with Gasteiger partial charge in [-0.2, -0.15) is 5.26 Å². The molecule has 2 amide bonds. The number of hydrogen-bond acceptors (Lipinski definition) is 3. The van der Waals surface area contributed by atoms with Gasteiger partial charge < -0.3 is 10.6 Å². The molecule has 98 valence electrons. The number of carbonyl (C=O) groups excluding carboxylic acids is 2. The zero-order chi connectivity index (χ0) is 14.1. The van der Waals surface area contributed by atoms with E-state index in [2.05, 4.69) is 10.6 Å². The maximum absolute atomic E-state index is 11.2. The molecule has 0 saturated heterocycles. The summed E-state index contributed by atoms with van der Waals surface area (Å²) in [5.74, 6) is -0.481. The van der Waals surface area contributed by atoms with Crippen LogP contribution in [0.3, 0.4) is 0 Å². The summed E-state index contributed by atoms with van der Waals surface area (Å²) in [5, 5.41) is 13.7. The van der Waals surface area contributed by atoms with Crippen LogP contribution in [0, 0.1) is 11.3 Å². The van der Waals surface area contributed by atoms with E-state index in [1.165, 1.54) is 6.08 Å². The van der Waals surface area contributed by atoms with Crippen LogP contribution in [0.2, 0.25) is 0 Å². The molecular formula is C14H15N3O2. The van der Waals surface area contributed by atoms with Crippen molar-refractivity contribution in [3.63, 3.8) is 0 Å². The summed E-state index contributed by atoms with van der Waals surface area (Å²) in [6.45, 7) is 2.20. The Labute approximate surface area is 111 Å². The van der Waals surface area contributed by atoms with E-state index in [1.807, 2.05) is 0 Å². The van der Waals surface area contributed by atoms with E-state index >= 15 is 0 Å². The van der Waals surface area contributed by atoms with Gasteiger partial charge in [-0.3, -0.25) is 9.59 Å². The normalized spacial score (nSPS) is 9.89. The third-order valence-corrected chi connectivity index (χ3v) is 2.26. The van der Waals surface area contributed by atoms with Crippen LogP contribution in [-0.2, 0) is 16.1 Å². The number of allylic oxidation sites excluding steroid dienone is 1. The molecule has 19 heavy (non-hydrogen) atoms. The lowest BCUT2D eigenvalue weighted by Crippen LogP contribution is -2.20. The van der Waals surface area contributed by atoms with E-state index < -0.39 is 0 Å². The van der Waals surface area contributed by atoms with Crippen molar-refractivity contribution in [2.45, 2.75) is 19.9 Å². The van der Waals surface area contributed by atoms with Gasteiger partial charge >= 0.3 is 0 Å². The zero-order valence-electron chi connectivity index (χ0n) is 10.6. The fourth-order valence-corrected chi connectivity index (χ4v) is 1.38. The van der Waals surface area contributed by atoms with Gasteiger partial charge in [0.2, 0.25) is 11.8 Å². The highest BCUT2D eigenvalue weighted by atomic mass is 16.2. The average molecular weight is 257 g/mol. The number of amides is 2. The molecule has 0 aromatic heterocycles. The van der Waals surface area contributed by atoms with Crippen molar-refractivity contribution in [1.82, 2.24) is 5.32 Å². The van der Waals surface area contributed by atoms with E-state index in [0.717, 1.165) is 5.56 Å². The minimum Gasteiger partial charge on any atom is -0.348 e. The quantitative estimate of drug-likeness (QED) is 0.788. The van der Waals surface area contributed by atoms with Crippen LogP contribution in [-0.4, -0.2) is 11.8 Å². The molecular weight excluding hydrogens is 242 g/mol. The molecule has 1 aromatic rings. The topological polar surface area (TPSA) is 82.0 Å². The monoisotopic (exact) mass is 257 g/mol. The molecule has 1 aromatic carbocycles. The van der Waals surface area contributed by atoms with Gasteiger partial charge in [-0.15, -0.1) is 0 Å². The Morgan fingerprint density at radius 3 is 2.58 bits per heavy atom.